The van der Waals surface area contributed by atoms with E-state index in [1.165, 1.54) is 6.42 Å². The average Bonchev–Trinajstić information content (AvgIpc) is 2.45. The van der Waals surface area contributed by atoms with E-state index in [4.69, 9.17) is 9.47 Å². The lowest BCUT2D eigenvalue weighted by molar-refractivity contribution is -0.164. The molecule has 0 aromatic rings. The van der Waals surface area contributed by atoms with Crippen LogP contribution >= 0.6 is 0 Å². The van der Waals surface area contributed by atoms with Crippen LogP contribution in [0.1, 0.15) is 59.3 Å². The van der Waals surface area contributed by atoms with Crippen molar-refractivity contribution >= 4 is 11.9 Å². The van der Waals surface area contributed by atoms with Crippen LogP contribution in [0.3, 0.4) is 0 Å². The number of hydrogen-bond acceptors (Lipinski definition) is 4. The fourth-order valence-corrected chi connectivity index (χ4v) is 2.73. The minimum Gasteiger partial charge on any atom is -0.464 e. The van der Waals surface area contributed by atoms with Crippen LogP contribution in [0.2, 0.25) is 0 Å². The van der Waals surface area contributed by atoms with Gasteiger partial charge in [0.2, 0.25) is 5.41 Å². The molecule has 22 heavy (non-hydrogen) atoms. The minimum atomic E-state index is -1.60. The number of esters is 2. The summed E-state index contributed by atoms with van der Waals surface area (Å²) in [6.07, 6.45) is 7.78. The van der Waals surface area contributed by atoms with E-state index in [1.807, 2.05) is 6.08 Å². The summed E-state index contributed by atoms with van der Waals surface area (Å²) >= 11 is 0. The maximum Gasteiger partial charge on any atom is 0.340 e. The smallest absolute Gasteiger partial charge is 0.340 e. The molecule has 0 saturated heterocycles. The predicted molar refractivity (Wildman–Crippen MR) is 84.9 cm³/mol. The Balaban J connectivity index is 3.34. The molecule has 0 saturated carbocycles. The van der Waals surface area contributed by atoms with Crippen LogP contribution in [0.4, 0.5) is 0 Å². The Labute approximate surface area is 133 Å². The van der Waals surface area contributed by atoms with Crippen molar-refractivity contribution in [3.8, 4) is 11.8 Å². The maximum absolute atomic E-state index is 12.6. The van der Waals surface area contributed by atoms with Crippen LogP contribution in [-0.4, -0.2) is 25.2 Å². The molecule has 0 unspecified atom stereocenters. The van der Waals surface area contributed by atoms with Gasteiger partial charge in [-0.1, -0.05) is 24.8 Å². The Kier molecular flexibility index (Phi) is 7.73. The Hall–Kier alpha value is -1.76. The van der Waals surface area contributed by atoms with Gasteiger partial charge in [-0.2, -0.15) is 0 Å². The molecule has 1 aliphatic rings. The summed E-state index contributed by atoms with van der Waals surface area (Å²) in [6, 6.07) is 0. The van der Waals surface area contributed by atoms with E-state index in [0.717, 1.165) is 31.3 Å². The Morgan fingerprint density at radius 2 is 1.68 bits per heavy atom. The van der Waals surface area contributed by atoms with Crippen molar-refractivity contribution < 1.29 is 19.1 Å². The Morgan fingerprint density at radius 3 is 2.23 bits per heavy atom. The van der Waals surface area contributed by atoms with Gasteiger partial charge >= 0.3 is 11.9 Å². The van der Waals surface area contributed by atoms with Gasteiger partial charge in [-0.25, -0.2) is 9.59 Å². The average molecular weight is 306 g/mol. The molecule has 0 atom stereocenters. The van der Waals surface area contributed by atoms with Crippen molar-refractivity contribution in [3.63, 3.8) is 0 Å². The van der Waals surface area contributed by atoms with Crippen molar-refractivity contribution in [1.29, 1.82) is 0 Å². The fraction of sp³-hybridized carbons (Fsp3) is 0.667. The van der Waals surface area contributed by atoms with Crippen molar-refractivity contribution in [3.05, 3.63) is 11.6 Å². The number of allylic oxidation sites excluding steroid dienone is 1. The second kappa shape index (κ2) is 9.30. The molecule has 0 amide bonds. The lowest BCUT2D eigenvalue weighted by Gasteiger charge is -2.28. The van der Waals surface area contributed by atoms with Crippen molar-refractivity contribution in [2.45, 2.75) is 59.3 Å². The number of carbonyl (C=O) groups excluding carboxylic acids is 2. The molecular weight excluding hydrogens is 280 g/mol. The third kappa shape index (κ3) is 4.13. The van der Waals surface area contributed by atoms with Crippen LogP contribution in [0, 0.1) is 17.3 Å². The summed E-state index contributed by atoms with van der Waals surface area (Å²) in [5.41, 5.74) is -0.864. The third-order valence-corrected chi connectivity index (χ3v) is 3.75. The molecule has 0 heterocycles. The van der Waals surface area contributed by atoms with Crippen LogP contribution in [0.25, 0.3) is 0 Å². The fourth-order valence-electron chi connectivity index (χ4n) is 2.73. The maximum atomic E-state index is 12.6. The zero-order chi connectivity index (χ0) is 16.4. The summed E-state index contributed by atoms with van der Waals surface area (Å²) in [5.74, 6) is 4.31. The van der Waals surface area contributed by atoms with E-state index < -0.39 is 17.4 Å². The molecule has 4 heteroatoms. The van der Waals surface area contributed by atoms with E-state index in [-0.39, 0.29) is 13.2 Å². The van der Waals surface area contributed by atoms with E-state index in [9.17, 15) is 9.59 Å². The largest absolute Gasteiger partial charge is 0.464 e. The molecule has 0 aliphatic heterocycles. The monoisotopic (exact) mass is 306 g/mol. The summed E-state index contributed by atoms with van der Waals surface area (Å²) in [4.78, 5) is 25.2. The quantitative estimate of drug-likeness (QED) is 0.338. The van der Waals surface area contributed by atoms with Gasteiger partial charge in [0.1, 0.15) is 0 Å². The number of ether oxygens (including phenoxy) is 2. The number of hydrogen-bond donors (Lipinski definition) is 0. The molecule has 4 nitrogen and oxygen atoms in total. The zero-order valence-electron chi connectivity index (χ0n) is 13.9. The standard InChI is InChI=1S/C18H26O4/c1-4-14-18(16(19)21-5-2,17(20)22-6-3)15-12-10-8-7-9-11-13-15/h12H,5-11,13H2,1-3H3. The van der Waals surface area contributed by atoms with Gasteiger partial charge in [0, 0.05) is 0 Å². The van der Waals surface area contributed by atoms with Gasteiger partial charge in [-0.05, 0) is 52.0 Å². The van der Waals surface area contributed by atoms with E-state index in [2.05, 4.69) is 11.8 Å². The van der Waals surface area contributed by atoms with Gasteiger partial charge in [0.25, 0.3) is 0 Å². The Bertz CT molecular complexity index is 461. The van der Waals surface area contributed by atoms with Gasteiger partial charge in [0.05, 0.1) is 13.2 Å². The number of rotatable bonds is 5. The van der Waals surface area contributed by atoms with Gasteiger partial charge in [-0.15, -0.1) is 5.92 Å². The molecular formula is C18H26O4. The Morgan fingerprint density at radius 1 is 1.09 bits per heavy atom. The van der Waals surface area contributed by atoms with E-state index in [1.54, 1.807) is 20.8 Å². The highest BCUT2D eigenvalue weighted by atomic mass is 16.6. The van der Waals surface area contributed by atoms with Crippen LogP contribution in [0.15, 0.2) is 11.6 Å². The van der Waals surface area contributed by atoms with Gasteiger partial charge in [-0.3, -0.25) is 0 Å². The normalized spacial score (nSPS) is 15.5. The molecule has 1 aliphatic carbocycles. The van der Waals surface area contributed by atoms with Crippen LogP contribution < -0.4 is 0 Å². The first kappa shape index (κ1) is 18.3. The van der Waals surface area contributed by atoms with Gasteiger partial charge < -0.3 is 9.47 Å². The van der Waals surface area contributed by atoms with E-state index in [0.29, 0.717) is 6.42 Å². The highest BCUT2D eigenvalue weighted by molar-refractivity contribution is 6.07. The first-order valence-electron chi connectivity index (χ1n) is 8.11. The second-order valence-electron chi connectivity index (χ2n) is 5.25. The summed E-state index contributed by atoms with van der Waals surface area (Å²) in [7, 11) is 0. The van der Waals surface area contributed by atoms with Gasteiger partial charge in [0.15, 0.2) is 0 Å². The highest BCUT2D eigenvalue weighted by Gasteiger charge is 2.50. The molecule has 0 spiro atoms. The first-order chi connectivity index (χ1) is 10.6. The van der Waals surface area contributed by atoms with Crippen molar-refractivity contribution in [2.24, 2.45) is 5.41 Å². The first-order valence-corrected chi connectivity index (χ1v) is 8.11. The predicted octanol–water partition coefficient (Wildman–Crippen LogP) is 3.40. The molecule has 0 aromatic heterocycles. The molecule has 0 radical (unpaired) electrons. The molecule has 0 bridgehead atoms. The van der Waals surface area contributed by atoms with Crippen molar-refractivity contribution in [2.75, 3.05) is 13.2 Å². The van der Waals surface area contributed by atoms with Crippen LogP contribution in [-0.2, 0) is 19.1 Å². The minimum absolute atomic E-state index is 0.207. The van der Waals surface area contributed by atoms with Crippen LogP contribution in [0.5, 0.6) is 0 Å². The summed E-state index contributed by atoms with van der Waals surface area (Å²) in [6.45, 7) is 5.48. The summed E-state index contributed by atoms with van der Waals surface area (Å²) in [5, 5.41) is 0. The second-order valence-corrected chi connectivity index (χ2v) is 5.25. The molecule has 122 valence electrons. The third-order valence-electron chi connectivity index (χ3n) is 3.75. The molecule has 0 aromatic carbocycles. The molecule has 0 fully saturated rings. The SMILES string of the molecule is CC#CC(C(=O)OCC)(C(=O)OCC)C1=CCCCCCC1. The molecule has 1 rings (SSSR count). The number of carbonyl (C=O) groups is 2. The van der Waals surface area contributed by atoms with E-state index >= 15 is 0 Å². The zero-order valence-corrected chi connectivity index (χ0v) is 13.9. The lowest BCUT2D eigenvalue weighted by Crippen LogP contribution is -2.43. The topological polar surface area (TPSA) is 52.6 Å². The van der Waals surface area contributed by atoms with Crippen molar-refractivity contribution in [1.82, 2.24) is 0 Å². The lowest BCUT2D eigenvalue weighted by atomic mass is 9.76. The summed E-state index contributed by atoms with van der Waals surface area (Å²) < 4.78 is 10.3. The highest BCUT2D eigenvalue weighted by Crippen LogP contribution is 2.36. The molecule has 0 N–H and O–H groups in total.